The molecule has 0 radical (unpaired) electrons. The number of carbonyl (C=O) groups is 1. The van der Waals surface area contributed by atoms with Crippen molar-refractivity contribution in [2.75, 3.05) is 12.4 Å². The molecule has 1 aliphatic rings. The van der Waals surface area contributed by atoms with Crippen LogP contribution in [0.5, 0.6) is 11.5 Å². The van der Waals surface area contributed by atoms with Gasteiger partial charge in [0.2, 0.25) is 11.1 Å². The van der Waals surface area contributed by atoms with E-state index in [1.807, 2.05) is 32.9 Å². The maximum atomic E-state index is 12.2. The number of nitrogens with one attached hydrogen (secondary N) is 1. The second-order valence-corrected chi connectivity index (χ2v) is 6.92. The zero-order valence-electron chi connectivity index (χ0n) is 15.2. The molecule has 0 saturated heterocycles. The molecule has 1 aromatic heterocycles. The summed E-state index contributed by atoms with van der Waals surface area (Å²) in [6.07, 6.45) is 1.05. The van der Waals surface area contributed by atoms with Gasteiger partial charge in [0.05, 0.1) is 12.4 Å². The van der Waals surface area contributed by atoms with Crippen LogP contribution >= 0.6 is 11.8 Å². The van der Waals surface area contributed by atoms with E-state index in [0.29, 0.717) is 24.9 Å². The lowest BCUT2D eigenvalue weighted by molar-refractivity contribution is -0.118. The topological polar surface area (TPSA) is 91.2 Å². The first-order valence-electron chi connectivity index (χ1n) is 8.71. The van der Waals surface area contributed by atoms with Gasteiger partial charge in [0.25, 0.3) is 0 Å². The van der Waals surface area contributed by atoms with Gasteiger partial charge in [-0.2, -0.15) is 0 Å². The Morgan fingerprint density at radius 3 is 3.08 bits per heavy atom. The number of carbonyl (C=O) groups excluding carboxylic acids is 1. The van der Waals surface area contributed by atoms with Gasteiger partial charge in [-0.1, -0.05) is 11.8 Å². The van der Waals surface area contributed by atoms with Crippen molar-refractivity contribution in [1.29, 1.82) is 0 Å². The van der Waals surface area contributed by atoms with Crippen LogP contribution in [0, 0.1) is 0 Å². The van der Waals surface area contributed by atoms with Crippen molar-refractivity contribution in [3.63, 3.8) is 0 Å². The molecule has 1 atom stereocenters. The van der Waals surface area contributed by atoms with Crippen LogP contribution in [-0.4, -0.2) is 44.6 Å². The van der Waals surface area contributed by atoms with Gasteiger partial charge in [0.15, 0.2) is 0 Å². The Balaban J connectivity index is 1.60. The van der Waals surface area contributed by atoms with E-state index in [4.69, 9.17) is 9.47 Å². The van der Waals surface area contributed by atoms with Crippen LogP contribution in [0.2, 0.25) is 0 Å². The van der Waals surface area contributed by atoms with Gasteiger partial charge in [0, 0.05) is 30.6 Å². The minimum absolute atomic E-state index is 0.0853. The van der Waals surface area contributed by atoms with Gasteiger partial charge in [-0.25, -0.2) is 4.68 Å². The maximum absolute atomic E-state index is 12.2. The number of hydrogen-bond acceptors (Lipinski definition) is 7. The Labute approximate surface area is 156 Å². The molecule has 0 unspecified atom stereocenters. The molecule has 9 heteroatoms. The second kappa shape index (κ2) is 8.39. The molecular formula is C17H23N5O3S. The molecule has 1 N–H and O–H groups in total. The summed E-state index contributed by atoms with van der Waals surface area (Å²) in [6, 6.07) is 3.99. The average Bonchev–Trinajstić information content (AvgIpc) is 3.22. The summed E-state index contributed by atoms with van der Waals surface area (Å²) >= 11 is 1.32. The van der Waals surface area contributed by atoms with Crippen molar-refractivity contribution in [1.82, 2.24) is 25.5 Å². The molecular weight excluding hydrogens is 354 g/mol. The molecule has 26 heavy (non-hydrogen) atoms. The van der Waals surface area contributed by atoms with E-state index in [2.05, 4.69) is 20.8 Å². The van der Waals surface area contributed by atoms with E-state index < -0.39 is 0 Å². The Kier molecular flexibility index (Phi) is 5.97. The molecule has 2 heterocycles. The molecule has 0 spiro atoms. The number of benzene rings is 1. The fourth-order valence-corrected chi connectivity index (χ4v) is 3.55. The second-order valence-electron chi connectivity index (χ2n) is 5.98. The number of aromatic nitrogens is 4. The number of nitrogens with zero attached hydrogens (tertiary/aromatic N) is 4. The highest BCUT2D eigenvalue weighted by atomic mass is 32.2. The third kappa shape index (κ3) is 4.27. The first kappa shape index (κ1) is 18.5. The van der Waals surface area contributed by atoms with Crippen molar-refractivity contribution in [3.05, 3.63) is 23.3 Å². The molecule has 0 aliphatic carbocycles. The Bertz CT molecular complexity index is 780. The predicted octanol–water partition coefficient (Wildman–Crippen LogP) is 1.82. The van der Waals surface area contributed by atoms with Crippen LogP contribution in [0.3, 0.4) is 0 Å². The standard InChI is InChI=1S/C17H23N5O3S/c1-4-22-17(19-20-21-22)26-10-16(23)18-9-13-8-15-12(6-11(3)25-15)7-14(13)24-5-2/h7-8,11H,4-6,9-10H2,1-3H3,(H,18,23)/t11-/m1/s1. The number of hydrogen-bond donors (Lipinski definition) is 1. The number of fused-ring (bicyclic) bond motifs is 1. The molecule has 8 nitrogen and oxygen atoms in total. The van der Waals surface area contributed by atoms with Crippen LogP contribution in [-0.2, 0) is 24.3 Å². The third-order valence-corrected chi connectivity index (χ3v) is 4.94. The number of amides is 1. The maximum Gasteiger partial charge on any atom is 0.230 e. The summed E-state index contributed by atoms with van der Waals surface area (Å²) < 4.78 is 13.2. The highest BCUT2D eigenvalue weighted by Crippen LogP contribution is 2.35. The Morgan fingerprint density at radius 2 is 2.31 bits per heavy atom. The summed E-state index contributed by atoms with van der Waals surface area (Å²) in [7, 11) is 0. The van der Waals surface area contributed by atoms with E-state index in [9.17, 15) is 4.79 Å². The van der Waals surface area contributed by atoms with E-state index in [1.165, 1.54) is 11.8 Å². The fourth-order valence-electron chi connectivity index (χ4n) is 2.78. The SMILES string of the molecule is CCOc1cc2c(cc1CNC(=O)CSc1nnnn1CC)O[C@H](C)C2. The molecule has 1 aliphatic heterocycles. The molecule has 1 aromatic carbocycles. The van der Waals surface area contributed by atoms with E-state index in [0.717, 1.165) is 29.0 Å². The smallest absolute Gasteiger partial charge is 0.230 e. The highest BCUT2D eigenvalue weighted by molar-refractivity contribution is 7.99. The number of aryl methyl sites for hydroxylation is 1. The fraction of sp³-hybridized carbons (Fsp3) is 0.529. The predicted molar refractivity (Wildman–Crippen MR) is 97.5 cm³/mol. The zero-order chi connectivity index (χ0) is 18.5. The number of ether oxygens (including phenoxy) is 2. The summed E-state index contributed by atoms with van der Waals surface area (Å²) in [5, 5.41) is 14.9. The minimum Gasteiger partial charge on any atom is -0.494 e. The van der Waals surface area contributed by atoms with Crippen molar-refractivity contribution in [2.24, 2.45) is 0 Å². The van der Waals surface area contributed by atoms with Crippen LogP contribution in [0.1, 0.15) is 31.9 Å². The molecule has 140 valence electrons. The summed E-state index contributed by atoms with van der Waals surface area (Å²) in [5.41, 5.74) is 2.06. The van der Waals surface area contributed by atoms with Gasteiger partial charge in [-0.15, -0.1) is 5.10 Å². The van der Waals surface area contributed by atoms with Crippen LogP contribution in [0.4, 0.5) is 0 Å². The first-order valence-corrected chi connectivity index (χ1v) is 9.70. The van der Waals surface area contributed by atoms with Crippen molar-refractivity contribution >= 4 is 17.7 Å². The van der Waals surface area contributed by atoms with Gasteiger partial charge < -0.3 is 14.8 Å². The largest absolute Gasteiger partial charge is 0.494 e. The Morgan fingerprint density at radius 1 is 1.46 bits per heavy atom. The van der Waals surface area contributed by atoms with Gasteiger partial charge in [-0.05, 0) is 43.3 Å². The molecule has 0 fully saturated rings. The zero-order valence-corrected chi connectivity index (χ0v) is 16.0. The first-order chi connectivity index (χ1) is 12.6. The molecule has 0 saturated carbocycles. The van der Waals surface area contributed by atoms with E-state index in [1.54, 1.807) is 4.68 Å². The average molecular weight is 377 g/mol. The van der Waals surface area contributed by atoms with Crippen LogP contribution < -0.4 is 14.8 Å². The number of tetrazole rings is 1. The lowest BCUT2D eigenvalue weighted by atomic mass is 10.1. The lowest BCUT2D eigenvalue weighted by Crippen LogP contribution is -2.25. The van der Waals surface area contributed by atoms with Crippen LogP contribution in [0.15, 0.2) is 17.3 Å². The third-order valence-electron chi connectivity index (χ3n) is 3.99. The molecule has 2 aromatic rings. The van der Waals surface area contributed by atoms with E-state index >= 15 is 0 Å². The lowest BCUT2D eigenvalue weighted by Gasteiger charge is -2.13. The summed E-state index contributed by atoms with van der Waals surface area (Å²) in [4.78, 5) is 12.2. The summed E-state index contributed by atoms with van der Waals surface area (Å²) in [6.45, 7) is 7.57. The molecule has 1 amide bonds. The highest BCUT2D eigenvalue weighted by Gasteiger charge is 2.22. The normalized spacial score (nSPS) is 15.4. The number of thioether (sulfide) groups is 1. The van der Waals surface area contributed by atoms with Crippen molar-refractivity contribution in [3.8, 4) is 11.5 Å². The van der Waals surface area contributed by atoms with Crippen molar-refractivity contribution in [2.45, 2.75) is 51.5 Å². The quantitative estimate of drug-likeness (QED) is 0.702. The summed E-state index contributed by atoms with van der Waals surface area (Å²) in [5.74, 6) is 1.84. The molecule has 0 bridgehead atoms. The number of rotatable bonds is 8. The van der Waals surface area contributed by atoms with E-state index in [-0.39, 0.29) is 17.8 Å². The van der Waals surface area contributed by atoms with Gasteiger partial charge in [-0.3, -0.25) is 4.79 Å². The molecule has 3 rings (SSSR count). The monoisotopic (exact) mass is 377 g/mol. The van der Waals surface area contributed by atoms with Crippen LogP contribution in [0.25, 0.3) is 0 Å². The van der Waals surface area contributed by atoms with Gasteiger partial charge in [0.1, 0.15) is 17.6 Å². The van der Waals surface area contributed by atoms with Crippen molar-refractivity contribution < 1.29 is 14.3 Å². The Hall–Kier alpha value is -2.29. The minimum atomic E-state index is -0.0853. The van der Waals surface area contributed by atoms with Gasteiger partial charge >= 0.3 is 0 Å².